The third-order valence-electron chi connectivity index (χ3n) is 3.44. The summed E-state index contributed by atoms with van der Waals surface area (Å²) in [6.07, 6.45) is 0. The van der Waals surface area contributed by atoms with Gasteiger partial charge >= 0.3 is 5.97 Å². The fourth-order valence-electron chi connectivity index (χ4n) is 2.34. The van der Waals surface area contributed by atoms with Crippen LogP contribution in [-0.4, -0.2) is 54.5 Å². The highest BCUT2D eigenvalue weighted by Gasteiger charge is 2.38. The second-order valence-corrected chi connectivity index (χ2v) is 4.88. The van der Waals surface area contributed by atoms with Crippen molar-refractivity contribution in [1.29, 1.82) is 0 Å². The molecule has 2 rings (SSSR count). The highest BCUT2D eigenvalue weighted by molar-refractivity contribution is 6.02. The molecule has 1 aromatic rings. The van der Waals surface area contributed by atoms with Gasteiger partial charge in [-0.1, -0.05) is 30.3 Å². The van der Waals surface area contributed by atoms with Crippen LogP contribution in [0.15, 0.2) is 30.3 Å². The Morgan fingerprint density at radius 1 is 1.30 bits per heavy atom. The lowest BCUT2D eigenvalue weighted by Gasteiger charge is -2.37. The predicted molar refractivity (Wildman–Crippen MR) is 74.9 cm³/mol. The van der Waals surface area contributed by atoms with Gasteiger partial charge in [0.25, 0.3) is 5.91 Å². The van der Waals surface area contributed by atoms with E-state index in [1.54, 1.807) is 23.8 Å². The molecule has 0 bridgehead atoms. The largest absolute Gasteiger partial charge is 0.464 e. The molecule has 1 amide bonds. The third-order valence-corrected chi connectivity index (χ3v) is 3.44. The highest BCUT2D eigenvalue weighted by Crippen LogP contribution is 2.14. The van der Waals surface area contributed by atoms with Crippen LogP contribution in [0, 0.1) is 0 Å². The lowest BCUT2D eigenvalue weighted by atomic mass is 10.1. The summed E-state index contributed by atoms with van der Waals surface area (Å²) in [7, 11) is 1.78. The molecule has 1 aromatic carbocycles. The van der Waals surface area contributed by atoms with Gasteiger partial charge < -0.3 is 9.64 Å². The number of amides is 1. The van der Waals surface area contributed by atoms with E-state index in [9.17, 15) is 9.59 Å². The first-order valence-electron chi connectivity index (χ1n) is 6.83. The average Bonchev–Trinajstić information content (AvgIpc) is 2.44. The summed E-state index contributed by atoms with van der Waals surface area (Å²) >= 11 is 0. The molecule has 1 unspecified atom stereocenters. The van der Waals surface area contributed by atoms with Crippen LogP contribution in [0.2, 0.25) is 0 Å². The van der Waals surface area contributed by atoms with Crippen molar-refractivity contribution in [3.8, 4) is 0 Å². The number of likely N-dealkylation sites (N-methyl/N-ethyl adjacent to an activating group) is 1. The Hall–Kier alpha value is -1.88. The molecular weight excluding hydrogens is 256 g/mol. The van der Waals surface area contributed by atoms with E-state index in [1.165, 1.54) is 0 Å². The Bertz CT molecular complexity index is 475. The lowest BCUT2D eigenvalue weighted by Crippen LogP contribution is -2.58. The van der Waals surface area contributed by atoms with Crippen LogP contribution in [0.3, 0.4) is 0 Å². The number of carbonyl (C=O) groups excluding carboxylic acids is 2. The first kappa shape index (κ1) is 14.5. The average molecular weight is 276 g/mol. The van der Waals surface area contributed by atoms with Crippen molar-refractivity contribution < 1.29 is 14.3 Å². The van der Waals surface area contributed by atoms with E-state index in [0.717, 1.165) is 5.56 Å². The SMILES string of the molecule is CCOC(=O)C1C(=O)N(Cc2ccccc2)CCN1C. The van der Waals surface area contributed by atoms with Gasteiger partial charge in [0, 0.05) is 19.6 Å². The van der Waals surface area contributed by atoms with E-state index < -0.39 is 12.0 Å². The van der Waals surface area contributed by atoms with Crippen LogP contribution in [0.25, 0.3) is 0 Å². The van der Waals surface area contributed by atoms with Crippen molar-refractivity contribution in [2.75, 3.05) is 26.7 Å². The van der Waals surface area contributed by atoms with Crippen LogP contribution in [-0.2, 0) is 20.9 Å². The van der Waals surface area contributed by atoms with Gasteiger partial charge in [0.2, 0.25) is 0 Å². The third kappa shape index (κ3) is 3.17. The number of esters is 1. The van der Waals surface area contributed by atoms with E-state index in [2.05, 4.69) is 0 Å². The van der Waals surface area contributed by atoms with Crippen molar-refractivity contribution in [1.82, 2.24) is 9.80 Å². The summed E-state index contributed by atoms with van der Waals surface area (Å²) in [4.78, 5) is 27.8. The zero-order chi connectivity index (χ0) is 14.5. The van der Waals surface area contributed by atoms with Crippen LogP contribution in [0.4, 0.5) is 0 Å². The van der Waals surface area contributed by atoms with Crippen LogP contribution in [0.5, 0.6) is 0 Å². The highest BCUT2D eigenvalue weighted by atomic mass is 16.5. The summed E-state index contributed by atoms with van der Waals surface area (Å²) in [6, 6.07) is 8.97. The monoisotopic (exact) mass is 276 g/mol. The van der Waals surface area contributed by atoms with Crippen LogP contribution < -0.4 is 0 Å². The number of hydrogen-bond donors (Lipinski definition) is 0. The van der Waals surface area contributed by atoms with Crippen molar-refractivity contribution in [2.45, 2.75) is 19.5 Å². The van der Waals surface area contributed by atoms with E-state index in [1.807, 2.05) is 30.3 Å². The zero-order valence-electron chi connectivity index (χ0n) is 11.9. The van der Waals surface area contributed by atoms with Gasteiger partial charge in [-0.15, -0.1) is 0 Å². The molecule has 1 aliphatic rings. The first-order valence-corrected chi connectivity index (χ1v) is 6.83. The fraction of sp³-hybridized carbons (Fsp3) is 0.467. The summed E-state index contributed by atoms with van der Waals surface area (Å²) in [5, 5.41) is 0. The summed E-state index contributed by atoms with van der Waals surface area (Å²) in [5.74, 6) is -0.640. The molecule has 5 nitrogen and oxygen atoms in total. The molecule has 0 saturated carbocycles. The molecule has 1 heterocycles. The second-order valence-electron chi connectivity index (χ2n) is 4.88. The minimum Gasteiger partial charge on any atom is -0.464 e. The quantitative estimate of drug-likeness (QED) is 0.605. The summed E-state index contributed by atoms with van der Waals surface area (Å²) < 4.78 is 4.99. The van der Waals surface area contributed by atoms with Gasteiger partial charge in [-0.2, -0.15) is 0 Å². The predicted octanol–water partition coefficient (Wildman–Crippen LogP) is 0.892. The molecule has 1 aliphatic heterocycles. The van der Waals surface area contributed by atoms with Crippen molar-refractivity contribution >= 4 is 11.9 Å². The Morgan fingerprint density at radius 3 is 2.65 bits per heavy atom. The Balaban J connectivity index is 2.08. The molecule has 0 aromatic heterocycles. The maximum absolute atomic E-state index is 12.4. The molecule has 108 valence electrons. The van der Waals surface area contributed by atoms with Crippen molar-refractivity contribution in [2.24, 2.45) is 0 Å². The number of rotatable bonds is 4. The number of ether oxygens (including phenoxy) is 1. The van der Waals surface area contributed by atoms with Crippen LogP contribution in [0.1, 0.15) is 12.5 Å². The van der Waals surface area contributed by atoms with E-state index >= 15 is 0 Å². The van der Waals surface area contributed by atoms with Crippen LogP contribution >= 0.6 is 0 Å². The number of benzene rings is 1. The number of nitrogens with zero attached hydrogens (tertiary/aromatic N) is 2. The van der Waals surface area contributed by atoms with Crippen molar-refractivity contribution in [3.63, 3.8) is 0 Å². The summed E-state index contributed by atoms with van der Waals surface area (Å²) in [5.41, 5.74) is 1.06. The molecular formula is C15H20N2O3. The minimum absolute atomic E-state index is 0.180. The number of carbonyl (C=O) groups is 2. The molecule has 0 spiro atoms. The lowest BCUT2D eigenvalue weighted by molar-refractivity contribution is -0.160. The van der Waals surface area contributed by atoms with Gasteiger partial charge in [-0.25, -0.2) is 4.79 Å². The molecule has 0 N–H and O–H groups in total. The molecule has 0 radical (unpaired) electrons. The van der Waals surface area contributed by atoms with E-state index in [4.69, 9.17) is 4.74 Å². The minimum atomic E-state index is -0.813. The normalized spacial score (nSPS) is 20.0. The molecule has 5 heteroatoms. The number of piperazine rings is 1. The fourth-order valence-corrected chi connectivity index (χ4v) is 2.34. The molecule has 20 heavy (non-hydrogen) atoms. The number of hydrogen-bond acceptors (Lipinski definition) is 4. The second kappa shape index (κ2) is 6.52. The van der Waals surface area contributed by atoms with Gasteiger partial charge in [-0.05, 0) is 19.5 Å². The van der Waals surface area contributed by atoms with Crippen molar-refractivity contribution in [3.05, 3.63) is 35.9 Å². The maximum atomic E-state index is 12.4. The topological polar surface area (TPSA) is 49.9 Å². The Kier molecular flexibility index (Phi) is 4.74. The Morgan fingerprint density at radius 2 is 2.00 bits per heavy atom. The zero-order valence-corrected chi connectivity index (χ0v) is 11.9. The first-order chi connectivity index (χ1) is 9.63. The standard InChI is InChI=1S/C15H20N2O3/c1-3-20-15(19)13-14(18)17(10-9-16(13)2)11-12-7-5-4-6-8-12/h4-8,13H,3,9-11H2,1-2H3. The van der Waals surface area contributed by atoms with E-state index in [-0.39, 0.29) is 12.5 Å². The van der Waals surface area contributed by atoms with E-state index in [0.29, 0.717) is 19.6 Å². The molecule has 0 aliphatic carbocycles. The summed E-state index contributed by atoms with van der Waals surface area (Å²) in [6.45, 7) is 3.85. The van der Waals surface area contributed by atoms with Gasteiger partial charge in [-0.3, -0.25) is 9.69 Å². The van der Waals surface area contributed by atoms with Gasteiger partial charge in [0.15, 0.2) is 6.04 Å². The molecule has 1 atom stereocenters. The molecule has 1 saturated heterocycles. The van der Waals surface area contributed by atoms with Gasteiger partial charge in [0.05, 0.1) is 6.61 Å². The Labute approximate surface area is 119 Å². The van der Waals surface area contributed by atoms with Gasteiger partial charge in [0.1, 0.15) is 0 Å². The smallest absolute Gasteiger partial charge is 0.333 e. The molecule has 1 fully saturated rings. The maximum Gasteiger partial charge on any atom is 0.333 e.